The highest BCUT2D eigenvalue weighted by Crippen LogP contribution is 2.10. The topological polar surface area (TPSA) is 56.2 Å². The minimum absolute atomic E-state index is 0.376. The third-order valence-corrected chi connectivity index (χ3v) is 1.97. The molecule has 0 aliphatic carbocycles. The fraction of sp³-hybridized carbons (Fsp3) is 0.400. The van der Waals surface area contributed by atoms with Crippen LogP contribution in [0.1, 0.15) is 16.1 Å². The van der Waals surface area contributed by atoms with Crippen molar-refractivity contribution in [3.63, 3.8) is 0 Å². The van der Waals surface area contributed by atoms with Crippen LogP contribution < -0.4 is 5.32 Å². The molecule has 0 unspecified atom stereocenters. The van der Waals surface area contributed by atoms with Crippen molar-refractivity contribution in [2.24, 2.45) is 7.05 Å². The number of aryl methyl sites for hydroxylation is 1. The highest BCUT2D eigenvalue weighted by atomic mass is 16.5. The number of nitrogens with zero attached hydrogens (tertiary/aromatic N) is 2. The molecule has 0 bridgehead atoms. The number of hydrogen-bond acceptors (Lipinski definition) is 4. The fourth-order valence-corrected chi connectivity index (χ4v) is 1.23. The molecule has 0 aliphatic rings. The minimum Gasteiger partial charge on any atom is -0.464 e. The van der Waals surface area contributed by atoms with E-state index in [9.17, 15) is 4.79 Å². The molecular formula is C10H15N3O2. The third kappa shape index (κ3) is 2.66. The summed E-state index contributed by atoms with van der Waals surface area (Å²) in [7, 11) is 4.92. The summed E-state index contributed by atoms with van der Waals surface area (Å²) in [4.78, 5) is 11.4. The number of aromatic nitrogens is 2. The molecule has 1 aromatic heterocycles. The molecule has 0 saturated heterocycles. The van der Waals surface area contributed by atoms with Crippen LogP contribution in [0.25, 0.3) is 6.08 Å². The lowest BCUT2D eigenvalue weighted by Gasteiger charge is -2.00. The second kappa shape index (κ2) is 5.31. The van der Waals surface area contributed by atoms with Crippen molar-refractivity contribution < 1.29 is 9.53 Å². The Morgan fingerprint density at radius 3 is 3.07 bits per heavy atom. The number of esters is 1. The van der Waals surface area contributed by atoms with Gasteiger partial charge in [-0.15, -0.1) is 0 Å². The number of hydrogen-bond donors (Lipinski definition) is 1. The maximum Gasteiger partial charge on any atom is 0.356 e. The molecule has 0 fully saturated rings. The molecule has 0 aliphatic heterocycles. The summed E-state index contributed by atoms with van der Waals surface area (Å²) >= 11 is 0. The zero-order valence-corrected chi connectivity index (χ0v) is 9.15. The molecule has 1 rings (SSSR count). The summed E-state index contributed by atoms with van der Waals surface area (Å²) in [5, 5.41) is 6.99. The van der Waals surface area contributed by atoms with Gasteiger partial charge in [0.05, 0.1) is 13.3 Å². The van der Waals surface area contributed by atoms with Gasteiger partial charge in [0.25, 0.3) is 0 Å². The Morgan fingerprint density at radius 1 is 1.73 bits per heavy atom. The first-order valence-electron chi connectivity index (χ1n) is 4.62. The molecule has 1 heterocycles. The summed E-state index contributed by atoms with van der Waals surface area (Å²) in [6, 6.07) is 0. The third-order valence-electron chi connectivity index (χ3n) is 1.97. The van der Waals surface area contributed by atoms with E-state index in [0.29, 0.717) is 5.69 Å². The van der Waals surface area contributed by atoms with E-state index in [2.05, 4.69) is 15.2 Å². The van der Waals surface area contributed by atoms with Crippen molar-refractivity contribution in [1.29, 1.82) is 0 Å². The standard InChI is InChI=1S/C10H15N3O2/c1-11-6-4-5-8-7-12-13(2)9(8)10(14)15-3/h4-5,7,11H,6H2,1-3H3. The SMILES string of the molecule is CNCC=Cc1cnn(C)c1C(=O)OC. The van der Waals surface area contributed by atoms with E-state index >= 15 is 0 Å². The molecule has 1 N–H and O–H groups in total. The first-order valence-corrected chi connectivity index (χ1v) is 4.62. The van der Waals surface area contributed by atoms with E-state index in [1.807, 2.05) is 19.2 Å². The lowest BCUT2D eigenvalue weighted by atomic mass is 10.2. The Bertz CT molecular complexity index is 369. The van der Waals surface area contributed by atoms with E-state index in [-0.39, 0.29) is 5.97 Å². The summed E-state index contributed by atoms with van der Waals surface area (Å²) in [5.74, 6) is -0.376. The van der Waals surface area contributed by atoms with E-state index < -0.39 is 0 Å². The van der Waals surface area contributed by atoms with Crippen molar-refractivity contribution in [1.82, 2.24) is 15.1 Å². The van der Waals surface area contributed by atoms with Gasteiger partial charge in [0, 0.05) is 19.2 Å². The summed E-state index contributed by atoms with van der Waals surface area (Å²) < 4.78 is 6.18. The number of methoxy groups -OCH3 is 1. The lowest BCUT2D eigenvalue weighted by molar-refractivity contribution is 0.0588. The second-order valence-corrected chi connectivity index (χ2v) is 3.02. The Balaban J connectivity index is 2.93. The van der Waals surface area contributed by atoms with E-state index in [4.69, 9.17) is 0 Å². The van der Waals surface area contributed by atoms with Crippen molar-refractivity contribution >= 4 is 12.0 Å². The summed E-state index contributed by atoms with van der Waals surface area (Å²) in [6.45, 7) is 0.746. The van der Waals surface area contributed by atoms with Crippen LogP contribution in [-0.2, 0) is 11.8 Å². The predicted molar refractivity (Wildman–Crippen MR) is 57.5 cm³/mol. The molecule has 0 saturated carbocycles. The molecule has 82 valence electrons. The molecule has 5 nitrogen and oxygen atoms in total. The average molecular weight is 209 g/mol. The van der Waals surface area contributed by atoms with Gasteiger partial charge in [-0.2, -0.15) is 5.10 Å². The zero-order valence-electron chi connectivity index (χ0n) is 9.15. The highest BCUT2D eigenvalue weighted by Gasteiger charge is 2.14. The average Bonchev–Trinajstić information content (AvgIpc) is 2.59. The number of rotatable bonds is 4. The van der Waals surface area contributed by atoms with Gasteiger partial charge in [0.1, 0.15) is 0 Å². The molecular weight excluding hydrogens is 194 g/mol. The maximum absolute atomic E-state index is 11.4. The first-order chi connectivity index (χ1) is 7.20. The van der Waals surface area contributed by atoms with Gasteiger partial charge in [0.2, 0.25) is 0 Å². The molecule has 0 spiro atoms. The van der Waals surface area contributed by atoms with Crippen molar-refractivity contribution in [2.45, 2.75) is 0 Å². The molecule has 0 amide bonds. The van der Waals surface area contributed by atoms with Gasteiger partial charge >= 0.3 is 5.97 Å². The summed E-state index contributed by atoms with van der Waals surface area (Å²) in [5.41, 5.74) is 1.23. The number of carbonyl (C=O) groups excluding carboxylic acids is 1. The monoisotopic (exact) mass is 209 g/mol. The van der Waals surface area contributed by atoms with Crippen molar-refractivity contribution in [3.8, 4) is 0 Å². The smallest absolute Gasteiger partial charge is 0.356 e. The van der Waals surface area contributed by atoms with Crippen molar-refractivity contribution in [3.05, 3.63) is 23.5 Å². The Kier molecular flexibility index (Phi) is 4.05. The van der Waals surface area contributed by atoms with Crippen LogP contribution in [0.3, 0.4) is 0 Å². The van der Waals surface area contributed by atoms with E-state index in [1.54, 1.807) is 13.2 Å². The van der Waals surface area contributed by atoms with Crippen LogP contribution in [0.2, 0.25) is 0 Å². The van der Waals surface area contributed by atoms with Crippen LogP contribution >= 0.6 is 0 Å². The molecule has 15 heavy (non-hydrogen) atoms. The number of nitrogens with one attached hydrogen (secondary N) is 1. The Hall–Kier alpha value is -1.62. The zero-order chi connectivity index (χ0) is 11.3. The minimum atomic E-state index is -0.376. The predicted octanol–water partition coefficient (Wildman–Crippen LogP) is 0.439. The molecule has 0 aromatic carbocycles. The Morgan fingerprint density at radius 2 is 2.47 bits per heavy atom. The second-order valence-electron chi connectivity index (χ2n) is 3.02. The number of carbonyl (C=O) groups is 1. The lowest BCUT2D eigenvalue weighted by Crippen LogP contribution is -2.10. The van der Waals surface area contributed by atoms with Crippen LogP contribution in [0.4, 0.5) is 0 Å². The largest absolute Gasteiger partial charge is 0.464 e. The summed E-state index contributed by atoms with van der Waals surface area (Å²) in [6.07, 6.45) is 5.40. The Labute approximate surface area is 88.7 Å². The van der Waals surface area contributed by atoms with Crippen LogP contribution in [0.5, 0.6) is 0 Å². The van der Waals surface area contributed by atoms with Gasteiger partial charge in [-0.1, -0.05) is 12.2 Å². The normalized spacial score (nSPS) is 10.9. The van der Waals surface area contributed by atoms with Crippen LogP contribution in [-0.4, -0.2) is 36.5 Å². The molecule has 0 radical (unpaired) electrons. The number of ether oxygens (including phenoxy) is 1. The van der Waals surface area contributed by atoms with Crippen LogP contribution in [0, 0.1) is 0 Å². The van der Waals surface area contributed by atoms with Gasteiger partial charge in [-0.25, -0.2) is 4.79 Å². The fourth-order valence-electron chi connectivity index (χ4n) is 1.23. The molecule has 5 heteroatoms. The molecule has 0 atom stereocenters. The van der Waals surface area contributed by atoms with E-state index in [0.717, 1.165) is 12.1 Å². The quantitative estimate of drug-likeness (QED) is 0.731. The maximum atomic E-state index is 11.4. The molecule has 1 aromatic rings. The van der Waals surface area contributed by atoms with Gasteiger partial charge < -0.3 is 10.1 Å². The van der Waals surface area contributed by atoms with E-state index in [1.165, 1.54) is 11.8 Å². The van der Waals surface area contributed by atoms with Gasteiger partial charge in [-0.3, -0.25) is 4.68 Å². The van der Waals surface area contributed by atoms with Gasteiger partial charge in [0.15, 0.2) is 5.69 Å². The first kappa shape index (κ1) is 11.5. The van der Waals surface area contributed by atoms with Crippen molar-refractivity contribution in [2.75, 3.05) is 20.7 Å². The highest BCUT2D eigenvalue weighted by molar-refractivity contribution is 5.91. The van der Waals surface area contributed by atoms with Crippen LogP contribution in [0.15, 0.2) is 12.3 Å². The van der Waals surface area contributed by atoms with Gasteiger partial charge in [-0.05, 0) is 7.05 Å². The number of likely N-dealkylation sites (N-methyl/N-ethyl adjacent to an activating group) is 1.